The van der Waals surface area contributed by atoms with Gasteiger partial charge in [0.2, 0.25) is 13.1 Å². The fourth-order valence-corrected chi connectivity index (χ4v) is 0.570. The van der Waals surface area contributed by atoms with Crippen LogP contribution in [0.4, 0.5) is 0 Å². The fraction of sp³-hybridized carbons (Fsp3) is 1.00. The zero-order chi connectivity index (χ0) is 4.57. The molecule has 0 spiro atoms. The first-order valence-electron chi connectivity index (χ1n) is 1.65. The van der Waals surface area contributed by atoms with Gasteiger partial charge in [-0.25, -0.2) is 0 Å². The Hall–Kier alpha value is -0.380. The summed E-state index contributed by atoms with van der Waals surface area (Å²) in [6.07, 6.45) is 0. The first-order valence-corrected chi connectivity index (χ1v) is 2.68. The summed E-state index contributed by atoms with van der Waals surface area (Å²) >= 11 is 0. The van der Waals surface area contributed by atoms with Crippen LogP contribution in [0.1, 0.15) is 0 Å². The molecule has 0 N–H and O–H groups in total. The minimum Gasteiger partial charge on any atom is -0.122 e. The van der Waals surface area contributed by atoms with Crippen molar-refractivity contribution in [3.05, 3.63) is 0 Å². The van der Waals surface area contributed by atoms with E-state index in [1.165, 1.54) is 3.95 Å². The van der Waals surface area contributed by atoms with Gasteiger partial charge >= 0.3 is 10.5 Å². The van der Waals surface area contributed by atoms with E-state index in [0.717, 1.165) is 13.1 Å². The van der Waals surface area contributed by atoms with Crippen LogP contribution in [-0.2, 0) is 10.5 Å². The Balaban J connectivity index is 3.21. The molecule has 0 atom stereocenters. The fourth-order valence-electron chi connectivity index (χ4n) is 0.190. The van der Waals surface area contributed by atoms with Gasteiger partial charge in [-0.05, 0) is 0 Å². The molecule has 34 valence electrons. The maximum Gasteiger partial charge on any atom is 0.459 e. The van der Waals surface area contributed by atoms with Gasteiger partial charge in [0, 0.05) is 0 Å². The Bertz CT molecular complexity index is 164. The van der Waals surface area contributed by atoms with Crippen LogP contribution < -0.4 is 0 Å². The Morgan fingerprint density at radius 1 is 1.33 bits per heavy atom. The standard InChI is InChI=1S/C2H4NO2S/c4-6(5)3-1-2-3/h1-2H2/q+1. The van der Waals surface area contributed by atoms with E-state index in [0.29, 0.717) is 0 Å². The second-order valence-corrected chi connectivity index (χ2v) is 2.10. The number of rotatable bonds is 0. The van der Waals surface area contributed by atoms with Crippen LogP contribution in [0.3, 0.4) is 0 Å². The van der Waals surface area contributed by atoms with Gasteiger partial charge in [0.1, 0.15) is 0 Å². The molecule has 0 aliphatic carbocycles. The highest BCUT2D eigenvalue weighted by Crippen LogP contribution is 1.87. The summed E-state index contributed by atoms with van der Waals surface area (Å²) in [5.41, 5.74) is 0. The molecule has 1 saturated heterocycles. The van der Waals surface area contributed by atoms with E-state index >= 15 is 0 Å². The van der Waals surface area contributed by atoms with Crippen LogP contribution in [0.25, 0.3) is 0 Å². The highest BCUT2D eigenvalue weighted by molar-refractivity contribution is 7.59. The second kappa shape index (κ2) is 1.04. The van der Waals surface area contributed by atoms with Gasteiger partial charge in [0.15, 0.2) is 0 Å². The summed E-state index contributed by atoms with van der Waals surface area (Å²) in [5.74, 6) is 0. The van der Waals surface area contributed by atoms with Crippen LogP contribution >= 0.6 is 0 Å². The van der Waals surface area contributed by atoms with E-state index in [1.807, 2.05) is 0 Å². The third kappa shape index (κ3) is 0.567. The Morgan fingerprint density at radius 3 is 1.83 bits per heavy atom. The van der Waals surface area contributed by atoms with Gasteiger partial charge in [-0.2, -0.15) is 0 Å². The van der Waals surface area contributed by atoms with Crippen LogP contribution in [0.5, 0.6) is 0 Å². The smallest absolute Gasteiger partial charge is 0.122 e. The van der Waals surface area contributed by atoms with Crippen LogP contribution in [0.2, 0.25) is 0 Å². The molecule has 4 heteroatoms. The lowest BCUT2D eigenvalue weighted by atomic mass is 11.0. The van der Waals surface area contributed by atoms with Gasteiger partial charge < -0.3 is 0 Å². The van der Waals surface area contributed by atoms with Crippen LogP contribution in [0.15, 0.2) is 0 Å². The second-order valence-electron chi connectivity index (χ2n) is 1.15. The predicted molar refractivity (Wildman–Crippen MR) is 18.9 cm³/mol. The Labute approximate surface area is 36.9 Å². The van der Waals surface area contributed by atoms with Crippen molar-refractivity contribution < 1.29 is 12.4 Å². The first kappa shape index (κ1) is 3.80. The molecule has 1 aliphatic heterocycles. The molecular formula is C2H4NO2S+. The van der Waals surface area contributed by atoms with Gasteiger partial charge in [0.25, 0.3) is 0 Å². The average molecular weight is 106 g/mol. The molecular weight excluding hydrogens is 102 g/mol. The van der Waals surface area contributed by atoms with Crippen molar-refractivity contribution in [1.82, 2.24) is 0 Å². The van der Waals surface area contributed by atoms with Crippen LogP contribution in [-0.4, -0.2) is 25.5 Å². The molecule has 0 aromatic heterocycles. The molecule has 0 radical (unpaired) electrons. The van der Waals surface area contributed by atoms with Crippen molar-refractivity contribution >= 4 is 10.5 Å². The summed E-state index contributed by atoms with van der Waals surface area (Å²) in [6.45, 7) is 1.44. The topological polar surface area (TPSA) is 37.1 Å². The maximum atomic E-state index is 9.69. The largest absolute Gasteiger partial charge is 0.459 e. The molecule has 0 saturated carbocycles. The molecule has 1 fully saturated rings. The van der Waals surface area contributed by atoms with Gasteiger partial charge in [-0.15, -0.1) is 12.4 Å². The summed E-state index contributed by atoms with van der Waals surface area (Å²) < 4.78 is 20.7. The average Bonchev–Trinajstić information content (AvgIpc) is 2.06. The Kier molecular flexibility index (Phi) is 0.660. The van der Waals surface area contributed by atoms with Crippen molar-refractivity contribution in [3.8, 4) is 0 Å². The van der Waals surface area contributed by atoms with Gasteiger partial charge in [0.05, 0.1) is 0 Å². The monoisotopic (exact) mass is 106 g/mol. The molecule has 1 heterocycles. The third-order valence-corrected chi connectivity index (χ3v) is 1.40. The molecule has 1 rings (SSSR count). The van der Waals surface area contributed by atoms with Crippen molar-refractivity contribution in [2.45, 2.75) is 0 Å². The molecule has 0 bridgehead atoms. The molecule has 0 aromatic rings. The summed E-state index contributed by atoms with van der Waals surface area (Å²) in [4.78, 5) is 0. The van der Waals surface area contributed by atoms with Crippen molar-refractivity contribution in [3.63, 3.8) is 0 Å². The quantitative estimate of drug-likeness (QED) is 0.295. The highest BCUT2D eigenvalue weighted by Gasteiger charge is 2.24. The number of nitrogens with zero attached hydrogens (tertiary/aromatic N) is 1. The van der Waals surface area contributed by atoms with Gasteiger partial charge in [-0.1, -0.05) is 0 Å². The summed E-state index contributed by atoms with van der Waals surface area (Å²) in [6, 6.07) is 0. The predicted octanol–water partition coefficient (Wildman–Crippen LogP) is -0.925. The lowest BCUT2D eigenvalue weighted by Gasteiger charge is -1.37. The summed E-state index contributed by atoms with van der Waals surface area (Å²) in [7, 11) is -1.92. The SMILES string of the molecule is O=S(=O)=[N+]1CC1. The van der Waals surface area contributed by atoms with Crippen molar-refractivity contribution in [2.75, 3.05) is 13.1 Å². The van der Waals surface area contributed by atoms with E-state index in [-0.39, 0.29) is 0 Å². The zero-order valence-corrected chi connectivity index (χ0v) is 3.90. The molecule has 3 nitrogen and oxygen atoms in total. The first-order chi connectivity index (χ1) is 2.80. The van der Waals surface area contributed by atoms with Crippen LogP contribution in [0, 0.1) is 0 Å². The van der Waals surface area contributed by atoms with E-state index in [1.54, 1.807) is 0 Å². The van der Waals surface area contributed by atoms with E-state index in [2.05, 4.69) is 0 Å². The molecule has 6 heavy (non-hydrogen) atoms. The molecule has 0 unspecified atom stereocenters. The summed E-state index contributed by atoms with van der Waals surface area (Å²) in [5, 5.41) is 0. The molecule has 0 aromatic carbocycles. The maximum absolute atomic E-state index is 9.69. The van der Waals surface area contributed by atoms with Crippen molar-refractivity contribution in [2.24, 2.45) is 0 Å². The molecule has 0 amide bonds. The lowest BCUT2D eigenvalue weighted by Crippen LogP contribution is -1.68. The van der Waals surface area contributed by atoms with E-state index in [9.17, 15) is 8.42 Å². The minimum absolute atomic E-state index is 0.718. The number of hydrogen-bond donors (Lipinski definition) is 0. The van der Waals surface area contributed by atoms with Crippen molar-refractivity contribution in [1.29, 1.82) is 0 Å². The highest BCUT2D eigenvalue weighted by atomic mass is 32.2. The van der Waals surface area contributed by atoms with Gasteiger partial charge in [-0.3, -0.25) is 0 Å². The minimum atomic E-state index is -1.92. The van der Waals surface area contributed by atoms with E-state index in [4.69, 9.17) is 0 Å². The van der Waals surface area contributed by atoms with E-state index < -0.39 is 10.5 Å². The zero-order valence-electron chi connectivity index (χ0n) is 3.09. The lowest BCUT2D eigenvalue weighted by molar-refractivity contribution is -0.306. The normalized spacial score (nSPS) is 17.7. The Morgan fingerprint density at radius 2 is 1.83 bits per heavy atom. The third-order valence-electron chi connectivity index (χ3n) is 0.617. The molecule has 1 aliphatic rings. The number of hydrogen-bond acceptors (Lipinski definition) is 2.